The van der Waals surface area contributed by atoms with Crippen LogP contribution >= 0.6 is 11.8 Å². The molecule has 0 aromatic heterocycles. The molecule has 25 heavy (non-hydrogen) atoms. The van der Waals surface area contributed by atoms with Crippen LogP contribution in [0.1, 0.15) is 35.7 Å². The van der Waals surface area contributed by atoms with Gasteiger partial charge in [-0.05, 0) is 23.6 Å². The van der Waals surface area contributed by atoms with Crippen LogP contribution in [0.4, 0.5) is 5.69 Å². The summed E-state index contributed by atoms with van der Waals surface area (Å²) >= 11 is 1.44. The van der Waals surface area contributed by atoms with E-state index in [1.54, 1.807) is 12.1 Å². The molecule has 1 aliphatic heterocycles. The third kappa shape index (κ3) is 3.99. The van der Waals surface area contributed by atoms with Crippen molar-refractivity contribution in [3.63, 3.8) is 0 Å². The Morgan fingerprint density at radius 1 is 1.16 bits per heavy atom. The number of hydrogen-bond donors (Lipinski definition) is 1. The normalized spacial score (nSPS) is 13.7. The first-order chi connectivity index (χ1) is 11.7. The van der Waals surface area contributed by atoms with Crippen LogP contribution in [0.3, 0.4) is 0 Å². The van der Waals surface area contributed by atoms with E-state index in [1.165, 1.54) is 17.3 Å². The summed E-state index contributed by atoms with van der Waals surface area (Å²) in [7, 11) is -3.45. The number of rotatable bonds is 5. The van der Waals surface area contributed by atoms with Crippen LogP contribution in [0.2, 0.25) is 0 Å². The van der Waals surface area contributed by atoms with Crippen molar-refractivity contribution in [2.45, 2.75) is 29.6 Å². The molecule has 0 atom stereocenters. The molecule has 2 aromatic rings. The van der Waals surface area contributed by atoms with Crippen molar-refractivity contribution >= 4 is 33.3 Å². The van der Waals surface area contributed by atoms with Gasteiger partial charge in [-0.3, -0.25) is 9.52 Å². The van der Waals surface area contributed by atoms with Crippen LogP contribution in [0.5, 0.6) is 5.75 Å². The van der Waals surface area contributed by atoms with Gasteiger partial charge in [0.15, 0.2) is 6.61 Å². The molecular formula is C18H19NO4S2. The SMILES string of the molecule is CC(C)c1ccccc1Sc1cc2c(cc1NS(C)(=O)=O)OCC2=O. The summed E-state index contributed by atoms with van der Waals surface area (Å²) in [5.74, 6) is 0.645. The maximum Gasteiger partial charge on any atom is 0.229 e. The van der Waals surface area contributed by atoms with Gasteiger partial charge in [-0.15, -0.1) is 0 Å². The van der Waals surface area contributed by atoms with E-state index in [-0.39, 0.29) is 12.4 Å². The van der Waals surface area contributed by atoms with E-state index in [1.807, 2.05) is 18.2 Å². The minimum atomic E-state index is -3.45. The molecule has 0 bridgehead atoms. The van der Waals surface area contributed by atoms with E-state index in [2.05, 4.69) is 24.6 Å². The summed E-state index contributed by atoms with van der Waals surface area (Å²) in [5.41, 5.74) is 2.07. The fourth-order valence-electron chi connectivity index (χ4n) is 2.65. The molecule has 5 nitrogen and oxygen atoms in total. The molecule has 3 rings (SSSR count). The highest BCUT2D eigenvalue weighted by molar-refractivity contribution is 7.99. The molecule has 1 aliphatic rings. The predicted octanol–water partition coefficient (Wildman–Crippen LogP) is 3.91. The highest BCUT2D eigenvalue weighted by atomic mass is 32.2. The van der Waals surface area contributed by atoms with Gasteiger partial charge in [-0.25, -0.2) is 8.42 Å². The number of Topliss-reactive ketones (excluding diaryl/α,β-unsaturated/α-hetero) is 1. The molecule has 0 saturated heterocycles. The average molecular weight is 377 g/mol. The number of fused-ring (bicyclic) bond motifs is 1. The van der Waals surface area contributed by atoms with E-state index in [4.69, 9.17) is 4.74 Å². The Morgan fingerprint density at radius 2 is 1.88 bits per heavy atom. The van der Waals surface area contributed by atoms with Gasteiger partial charge in [-0.1, -0.05) is 43.8 Å². The molecule has 0 aliphatic carbocycles. The Balaban J connectivity index is 2.08. The highest BCUT2D eigenvalue weighted by Gasteiger charge is 2.25. The van der Waals surface area contributed by atoms with Crippen molar-refractivity contribution < 1.29 is 17.9 Å². The van der Waals surface area contributed by atoms with Gasteiger partial charge < -0.3 is 4.74 Å². The Morgan fingerprint density at radius 3 is 2.56 bits per heavy atom. The zero-order chi connectivity index (χ0) is 18.2. The Labute approximate surface area is 151 Å². The van der Waals surface area contributed by atoms with Gasteiger partial charge in [0.2, 0.25) is 15.8 Å². The summed E-state index contributed by atoms with van der Waals surface area (Å²) in [4.78, 5) is 13.7. The van der Waals surface area contributed by atoms with Crippen LogP contribution in [0.15, 0.2) is 46.2 Å². The van der Waals surface area contributed by atoms with Crippen LogP contribution < -0.4 is 9.46 Å². The fraction of sp³-hybridized carbons (Fsp3) is 0.278. The quantitative estimate of drug-likeness (QED) is 0.855. The molecule has 1 heterocycles. The van der Waals surface area contributed by atoms with Gasteiger partial charge in [-0.2, -0.15) is 0 Å². The minimum Gasteiger partial charge on any atom is -0.485 e. The minimum absolute atomic E-state index is 0.00957. The lowest BCUT2D eigenvalue weighted by Crippen LogP contribution is -2.10. The standard InChI is InChI=1S/C18H19NO4S2/c1-11(2)12-6-4-5-7-17(12)24-18-8-13-15(20)10-23-16(13)9-14(18)19-25(3,21)22/h4-9,11,19H,10H2,1-3H3. The second-order valence-electron chi connectivity index (χ2n) is 6.23. The first kappa shape index (κ1) is 17.8. The van der Waals surface area contributed by atoms with Crippen molar-refractivity contribution in [2.24, 2.45) is 0 Å². The third-order valence-corrected chi connectivity index (χ3v) is 5.54. The second kappa shape index (κ2) is 6.72. The van der Waals surface area contributed by atoms with Gasteiger partial charge in [0, 0.05) is 15.9 Å². The number of anilines is 1. The first-order valence-corrected chi connectivity index (χ1v) is 10.5. The number of carbonyl (C=O) groups is 1. The Bertz CT molecular complexity index is 936. The molecule has 132 valence electrons. The van der Waals surface area contributed by atoms with E-state index >= 15 is 0 Å². The zero-order valence-electron chi connectivity index (χ0n) is 14.2. The Hall–Kier alpha value is -1.99. The van der Waals surface area contributed by atoms with Gasteiger partial charge in [0.05, 0.1) is 17.5 Å². The van der Waals surface area contributed by atoms with E-state index in [0.717, 1.165) is 11.2 Å². The molecule has 0 unspecified atom stereocenters. The number of benzene rings is 2. The number of sulfonamides is 1. The molecule has 2 aromatic carbocycles. The molecule has 1 N–H and O–H groups in total. The summed E-state index contributed by atoms with van der Waals surface area (Å²) in [6.45, 7) is 4.20. The topological polar surface area (TPSA) is 72.5 Å². The lowest BCUT2D eigenvalue weighted by molar-refractivity contribution is 0.0961. The van der Waals surface area contributed by atoms with Crippen molar-refractivity contribution in [3.8, 4) is 5.75 Å². The Kier molecular flexibility index (Phi) is 4.79. The number of nitrogens with one attached hydrogen (secondary N) is 1. The maximum absolute atomic E-state index is 12.0. The van der Waals surface area contributed by atoms with Crippen LogP contribution in [-0.4, -0.2) is 27.1 Å². The van der Waals surface area contributed by atoms with E-state index in [9.17, 15) is 13.2 Å². The van der Waals surface area contributed by atoms with Gasteiger partial charge in [0.1, 0.15) is 5.75 Å². The van der Waals surface area contributed by atoms with Crippen molar-refractivity contribution in [1.82, 2.24) is 0 Å². The number of ether oxygens (including phenoxy) is 1. The largest absolute Gasteiger partial charge is 0.485 e. The van der Waals surface area contributed by atoms with Crippen molar-refractivity contribution in [2.75, 3.05) is 17.6 Å². The number of carbonyl (C=O) groups excluding carboxylic acids is 1. The maximum atomic E-state index is 12.0. The summed E-state index contributed by atoms with van der Waals surface area (Å²) in [6.07, 6.45) is 1.10. The molecule has 0 radical (unpaired) electrons. The van der Waals surface area contributed by atoms with Crippen molar-refractivity contribution in [3.05, 3.63) is 47.5 Å². The molecule has 0 amide bonds. The molecule has 0 saturated carbocycles. The van der Waals surface area contributed by atoms with E-state index < -0.39 is 10.0 Å². The smallest absolute Gasteiger partial charge is 0.229 e. The van der Waals surface area contributed by atoms with E-state index in [0.29, 0.717) is 27.8 Å². The lowest BCUT2D eigenvalue weighted by Gasteiger charge is -2.15. The second-order valence-corrected chi connectivity index (χ2v) is 9.06. The predicted molar refractivity (Wildman–Crippen MR) is 99.4 cm³/mol. The van der Waals surface area contributed by atoms with Gasteiger partial charge >= 0.3 is 0 Å². The van der Waals surface area contributed by atoms with Gasteiger partial charge in [0.25, 0.3) is 0 Å². The van der Waals surface area contributed by atoms with Crippen LogP contribution in [-0.2, 0) is 10.0 Å². The van der Waals surface area contributed by atoms with Crippen LogP contribution in [0, 0.1) is 0 Å². The monoisotopic (exact) mass is 377 g/mol. The number of hydrogen-bond acceptors (Lipinski definition) is 5. The first-order valence-electron chi connectivity index (χ1n) is 7.83. The zero-order valence-corrected chi connectivity index (χ0v) is 15.8. The molecule has 7 heteroatoms. The molecule has 0 spiro atoms. The average Bonchev–Trinajstić information content (AvgIpc) is 2.87. The number of ketones is 1. The lowest BCUT2D eigenvalue weighted by atomic mass is 10.0. The molecule has 0 fully saturated rings. The summed E-state index contributed by atoms with van der Waals surface area (Å²) in [5, 5.41) is 0. The fourth-order valence-corrected chi connectivity index (χ4v) is 4.49. The third-order valence-electron chi connectivity index (χ3n) is 3.80. The molecular weight excluding hydrogens is 358 g/mol. The highest BCUT2D eigenvalue weighted by Crippen LogP contribution is 2.42. The van der Waals surface area contributed by atoms with Crippen LogP contribution in [0.25, 0.3) is 0 Å². The summed E-state index contributed by atoms with van der Waals surface area (Å²) in [6, 6.07) is 11.3. The van der Waals surface area contributed by atoms with Crippen molar-refractivity contribution in [1.29, 1.82) is 0 Å². The summed E-state index contributed by atoms with van der Waals surface area (Å²) < 4.78 is 31.3.